The first-order valence-electron chi connectivity index (χ1n) is 10.5. The lowest BCUT2D eigenvalue weighted by atomic mass is 10.1. The second-order valence-corrected chi connectivity index (χ2v) is 11.0. The fraction of sp³-hybridized carbons (Fsp3) is 0.409. The van der Waals surface area contributed by atoms with Gasteiger partial charge < -0.3 is 14.6 Å². The standard InChI is InChI=1S/C22H21BrF2N4O2S/c23-18-5-4-16(32-18)7-20(30)29-12-22(24,25)8-15(29)9-26-21(31)14-3-6-19-27-17(13-1-2-13)11-28(19)10-14/h3-6,10-11,13,15H,1-2,7-9,12H2,(H,26,31)/t15-/m0/s1. The molecule has 1 atom stereocenters. The van der Waals surface area contributed by atoms with Gasteiger partial charge in [0.25, 0.3) is 11.8 Å². The second kappa shape index (κ2) is 8.22. The van der Waals surface area contributed by atoms with Crippen LogP contribution in [0.25, 0.3) is 5.65 Å². The molecule has 0 unspecified atom stereocenters. The molecule has 3 aromatic rings. The lowest BCUT2D eigenvalue weighted by Gasteiger charge is -2.24. The first-order valence-corrected chi connectivity index (χ1v) is 12.1. The van der Waals surface area contributed by atoms with Crippen molar-refractivity contribution in [3.05, 3.63) is 56.6 Å². The molecule has 2 aliphatic rings. The Labute approximate surface area is 195 Å². The Balaban J connectivity index is 1.25. The molecule has 0 bridgehead atoms. The highest BCUT2D eigenvalue weighted by Gasteiger charge is 2.46. The SMILES string of the molecule is O=C(NC[C@@H]1CC(F)(F)CN1C(=O)Cc1ccc(Br)s1)c1ccc2nc(C3CC3)cn2c1. The number of fused-ring (bicyclic) bond motifs is 1. The van der Waals surface area contributed by atoms with E-state index < -0.39 is 24.9 Å². The van der Waals surface area contributed by atoms with E-state index in [4.69, 9.17) is 0 Å². The summed E-state index contributed by atoms with van der Waals surface area (Å²) in [6.07, 6.45) is 5.52. The maximum atomic E-state index is 14.1. The van der Waals surface area contributed by atoms with Crippen LogP contribution in [-0.2, 0) is 11.2 Å². The molecular weight excluding hydrogens is 502 g/mol. The number of amides is 2. The van der Waals surface area contributed by atoms with Crippen molar-refractivity contribution in [3.8, 4) is 0 Å². The normalized spacial score (nSPS) is 20.1. The summed E-state index contributed by atoms with van der Waals surface area (Å²) in [5.74, 6) is -3.17. The van der Waals surface area contributed by atoms with Gasteiger partial charge in [-0.05, 0) is 53.0 Å². The number of hydrogen-bond donors (Lipinski definition) is 1. The smallest absolute Gasteiger partial charge is 0.267 e. The molecule has 4 heterocycles. The molecule has 5 rings (SSSR count). The minimum Gasteiger partial charge on any atom is -0.350 e. The average molecular weight is 523 g/mol. The first-order chi connectivity index (χ1) is 15.3. The van der Waals surface area contributed by atoms with Gasteiger partial charge in [0, 0.05) is 36.2 Å². The summed E-state index contributed by atoms with van der Waals surface area (Å²) in [5.41, 5.74) is 2.22. The van der Waals surface area contributed by atoms with E-state index >= 15 is 0 Å². The molecule has 1 aliphatic heterocycles. The van der Waals surface area contributed by atoms with Crippen LogP contribution >= 0.6 is 27.3 Å². The van der Waals surface area contributed by atoms with Crippen molar-refractivity contribution in [1.82, 2.24) is 19.6 Å². The molecule has 0 radical (unpaired) electrons. The van der Waals surface area contributed by atoms with Gasteiger partial charge in [0.1, 0.15) is 5.65 Å². The van der Waals surface area contributed by atoms with Crippen LogP contribution in [0.15, 0.2) is 40.4 Å². The summed E-state index contributed by atoms with van der Waals surface area (Å²) in [7, 11) is 0. The van der Waals surface area contributed by atoms with E-state index in [0.29, 0.717) is 11.5 Å². The van der Waals surface area contributed by atoms with E-state index in [1.165, 1.54) is 16.2 Å². The number of hydrogen-bond acceptors (Lipinski definition) is 4. The van der Waals surface area contributed by atoms with E-state index in [2.05, 4.69) is 26.2 Å². The molecule has 1 N–H and O–H groups in total. The van der Waals surface area contributed by atoms with Crippen LogP contribution in [0.5, 0.6) is 0 Å². The van der Waals surface area contributed by atoms with Gasteiger partial charge in [-0.3, -0.25) is 9.59 Å². The number of thiophene rings is 1. The molecule has 3 aromatic heterocycles. The maximum Gasteiger partial charge on any atom is 0.267 e. The zero-order valence-electron chi connectivity index (χ0n) is 17.1. The molecule has 168 valence electrons. The van der Waals surface area contributed by atoms with Crippen LogP contribution < -0.4 is 5.32 Å². The number of rotatable bonds is 6. The third-order valence-electron chi connectivity index (χ3n) is 5.88. The van der Waals surface area contributed by atoms with E-state index in [-0.39, 0.29) is 24.8 Å². The highest BCUT2D eigenvalue weighted by Crippen LogP contribution is 2.39. The topological polar surface area (TPSA) is 66.7 Å². The third-order valence-corrected chi connectivity index (χ3v) is 7.50. The zero-order chi connectivity index (χ0) is 22.5. The lowest BCUT2D eigenvalue weighted by Crippen LogP contribution is -2.43. The van der Waals surface area contributed by atoms with E-state index in [1.807, 2.05) is 16.7 Å². The number of carbonyl (C=O) groups excluding carboxylic acids is 2. The highest BCUT2D eigenvalue weighted by atomic mass is 79.9. The minimum absolute atomic E-state index is 0.0242. The number of carbonyl (C=O) groups is 2. The minimum atomic E-state index is -2.96. The molecule has 6 nitrogen and oxygen atoms in total. The average Bonchev–Trinajstić information content (AvgIpc) is 3.25. The summed E-state index contributed by atoms with van der Waals surface area (Å²) in [6, 6.07) is 6.34. The molecule has 10 heteroatoms. The maximum absolute atomic E-state index is 14.1. The Hall–Kier alpha value is -2.33. The highest BCUT2D eigenvalue weighted by molar-refractivity contribution is 9.11. The Morgan fingerprint density at radius 1 is 1.22 bits per heavy atom. The largest absolute Gasteiger partial charge is 0.350 e. The van der Waals surface area contributed by atoms with Gasteiger partial charge in [-0.25, -0.2) is 13.8 Å². The van der Waals surface area contributed by atoms with E-state index in [1.54, 1.807) is 24.4 Å². The number of nitrogens with one attached hydrogen (secondary N) is 1. The summed E-state index contributed by atoms with van der Waals surface area (Å²) in [5, 5.41) is 2.73. The lowest BCUT2D eigenvalue weighted by molar-refractivity contribution is -0.132. The molecule has 32 heavy (non-hydrogen) atoms. The van der Waals surface area contributed by atoms with Crippen molar-refractivity contribution in [2.75, 3.05) is 13.1 Å². The van der Waals surface area contributed by atoms with Gasteiger partial charge in [0.2, 0.25) is 5.91 Å². The van der Waals surface area contributed by atoms with Crippen LogP contribution in [0.1, 0.15) is 46.1 Å². The Bertz CT molecular complexity index is 1190. The van der Waals surface area contributed by atoms with Crippen LogP contribution in [0, 0.1) is 0 Å². The van der Waals surface area contributed by atoms with Crippen LogP contribution in [0.3, 0.4) is 0 Å². The number of likely N-dealkylation sites (tertiary alicyclic amines) is 1. The van der Waals surface area contributed by atoms with Gasteiger partial charge in [-0.1, -0.05) is 0 Å². The molecule has 0 aromatic carbocycles. The monoisotopic (exact) mass is 522 g/mol. The Kier molecular flexibility index (Phi) is 5.53. The fourth-order valence-electron chi connectivity index (χ4n) is 4.10. The van der Waals surface area contributed by atoms with Crippen molar-refractivity contribution in [2.24, 2.45) is 0 Å². The van der Waals surface area contributed by atoms with Crippen molar-refractivity contribution < 1.29 is 18.4 Å². The predicted molar refractivity (Wildman–Crippen MR) is 120 cm³/mol. The van der Waals surface area contributed by atoms with Crippen molar-refractivity contribution in [1.29, 1.82) is 0 Å². The fourth-order valence-corrected chi connectivity index (χ4v) is 5.58. The zero-order valence-corrected chi connectivity index (χ0v) is 19.5. The first kappa shape index (κ1) is 21.5. The van der Waals surface area contributed by atoms with Crippen molar-refractivity contribution in [2.45, 2.75) is 43.6 Å². The molecular formula is C22H21BrF2N4O2S. The quantitative estimate of drug-likeness (QED) is 0.526. The van der Waals surface area contributed by atoms with E-state index in [0.717, 1.165) is 32.8 Å². The summed E-state index contributed by atoms with van der Waals surface area (Å²) in [4.78, 5) is 32.0. The number of halogens is 3. The van der Waals surface area contributed by atoms with Gasteiger partial charge in [-0.15, -0.1) is 11.3 Å². The molecule has 1 aliphatic carbocycles. The molecule has 0 spiro atoms. The second-order valence-electron chi connectivity index (χ2n) is 8.45. The summed E-state index contributed by atoms with van der Waals surface area (Å²) >= 11 is 4.75. The van der Waals surface area contributed by atoms with Gasteiger partial charge in [0.15, 0.2) is 0 Å². The number of aromatic nitrogens is 2. The van der Waals surface area contributed by atoms with Crippen LogP contribution in [0.4, 0.5) is 8.78 Å². The summed E-state index contributed by atoms with van der Waals surface area (Å²) < 4.78 is 30.9. The van der Waals surface area contributed by atoms with Crippen molar-refractivity contribution in [3.63, 3.8) is 0 Å². The third kappa shape index (κ3) is 4.56. The van der Waals surface area contributed by atoms with Gasteiger partial charge in [0.05, 0.1) is 34.1 Å². The number of nitrogens with zero attached hydrogens (tertiary/aromatic N) is 3. The number of imidazole rings is 1. The number of alkyl halides is 2. The molecule has 2 amide bonds. The number of pyridine rings is 1. The predicted octanol–water partition coefficient (Wildman–Crippen LogP) is 4.24. The molecule has 1 saturated carbocycles. The summed E-state index contributed by atoms with van der Waals surface area (Å²) in [6.45, 7) is -0.645. The Morgan fingerprint density at radius 2 is 2.03 bits per heavy atom. The Morgan fingerprint density at radius 3 is 2.75 bits per heavy atom. The van der Waals surface area contributed by atoms with Gasteiger partial charge in [-0.2, -0.15) is 0 Å². The van der Waals surface area contributed by atoms with E-state index in [9.17, 15) is 18.4 Å². The van der Waals surface area contributed by atoms with Gasteiger partial charge >= 0.3 is 0 Å². The van der Waals surface area contributed by atoms with Crippen LogP contribution in [-0.4, -0.2) is 51.2 Å². The molecule has 2 fully saturated rings. The van der Waals surface area contributed by atoms with Crippen molar-refractivity contribution >= 4 is 44.7 Å². The molecule has 1 saturated heterocycles. The van der Waals surface area contributed by atoms with Crippen LogP contribution in [0.2, 0.25) is 0 Å².